The highest BCUT2D eigenvalue weighted by Gasteiger charge is 2.38. The molecule has 0 aromatic heterocycles. The van der Waals surface area contributed by atoms with Crippen LogP contribution >= 0.6 is 0 Å². The molecule has 4 rings (SSSR count). The molecule has 0 saturated carbocycles. The summed E-state index contributed by atoms with van der Waals surface area (Å²) in [7, 11) is 5.67. The summed E-state index contributed by atoms with van der Waals surface area (Å²) in [5, 5.41) is 3.89. The van der Waals surface area contributed by atoms with Crippen LogP contribution in [0.5, 0.6) is 0 Å². The number of hydrogen-bond acceptors (Lipinski definition) is 2. The molecule has 0 N–H and O–H groups in total. The van der Waals surface area contributed by atoms with Crippen LogP contribution in [0.1, 0.15) is 5.56 Å². The number of anilines is 2. The summed E-state index contributed by atoms with van der Waals surface area (Å²) >= 11 is 0. The second-order valence-electron chi connectivity index (χ2n) is 8.61. The van der Waals surface area contributed by atoms with Gasteiger partial charge in [-0.05, 0) is 52.0 Å². The molecule has 4 aromatic carbocycles. The Bertz CT molecular complexity index is 1190. The fourth-order valence-electron chi connectivity index (χ4n) is 4.11. The third-order valence-corrected chi connectivity index (χ3v) is 10.1. The lowest BCUT2D eigenvalue weighted by atomic mass is 10.2. The molecule has 3 heteroatoms. The second-order valence-corrected chi connectivity index (χ2v) is 12.1. The molecule has 164 valence electrons. The molecule has 33 heavy (non-hydrogen) atoms. The molecular weight excluding hydrogens is 416 g/mol. The maximum absolute atomic E-state index is 3.86. The lowest BCUT2D eigenvalue weighted by Crippen LogP contribution is -2.66. The first-order valence-electron chi connectivity index (χ1n) is 11.2. The lowest BCUT2D eigenvalue weighted by molar-refractivity contribution is 1.13. The minimum atomic E-state index is -2.59. The first-order valence-corrected chi connectivity index (χ1v) is 13.2. The van der Waals surface area contributed by atoms with Crippen LogP contribution in [-0.2, 0) is 0 Å². The molecule has 0 bridgehead atoms. The van der Waals surface area contributed by atoms with Gasteiger partial charge in [-0.2, -0.15) is 0 Å². The monoisotopic (exact) mass is 446 g/mol. The quantitative estimate of drug-likeness (QED) is 0.261. The Hall–Kier alpha value is -3.74. The first-order chi connectivity index (χ1) is 16.0. The van der Waals surface area contributed by atoms with Gasteiger partial charge in [0, 0.05) is 45.1 Å². The van der Waals surface area contributed by atoms with Crippen molar-refractivity contribution in [3.63, 3.8) is 0 Å². The van der Waals surface area contributed by atoms with Gasteiger partial charge in [0.2, 0.25) is 8.07 Å². The summed E-state index contributed by atoms with van der Waals surface area (Å²) < 4.78 is 0. The maximum atomic E-state index is 3.86. The van der Waals surface area contributed by atoms with E-state index in [0.717, 1.165) is 5.56 Å². The highest BCUT2D eigenvalue weighted by molar-refractivity contribution is 7.16. The molecule has 0 atom stereocenters. The van der Waals surface area contributed by atoms with Crippen LogP contribution in [0.25, 0.3) is 0 Å². The lowest BCUT2D eigenvalue weighted by Gasteiger charge is -2.28. The Morgan fingerprint density at radius 1 is 0.485 bits per heavy atom. The number of benzene rings is 4. The van der Waals surface area contributed by atoms with Gasteiger partial charge in [0.25, 0.3) is 0 Å². The van der Waals surface area contributed by atoms with E-state index in [4.69, 9.17) is 0 Å². The van der Waals surface area contributed by atoms with E-state index in [-0.39, 0.29) is 0 Å². The minimum Gasteiger partial charge on any atom is -0.378 e. The zero-order valence-corrected chi connectivity index (χ0v) is 20.8. The molecule has 0 amide bonds. The Morgan fingerprint density at radius 3 is 1.30 bits per heavy atom. The van der Waals surface area contributed by atoms with Crippen molar-refractivity contribution in [3.8, 4) is 11.5 Å². The summed E-state index contributed by atoms with van der Waals surface area (Å²) in [6, 6.07) is 39.1. The molecule has 0 heterocycles. The first kappa shape index (κ1) is 22.5. The SMILES string of the molecule is CN(C)c1ccc(C#C[Si](c2ccccc2)(c2ccccc2)c2ccc(N(C)C)cc2)cc1. The van der Waals surface area contributed by atoms with E-state index in [9.17, 15) is 0 Å². The zero-order valence-electron chi connectivity index (χ0n) is 19.8. The fourth-order valence-corrected chi connectivity index (χ4v) is 7.93. The van der Waals surface area contributed by atoms with E-state index in [0.29, 0.717) is 0 Å². The Balaban J connectivity index is 1.94. The Kier molecular flexibility index (Phi) is 6.67. The van der Waals surface area contributed by atoms with Crippen molar-refractivity contribution < 1.29 is 0 Å². The van der Waals surface area contributed by atoms with Crippen molar-refractivity contribution in [3.05, 3.63) is 115 Å². The molecule has 0 aliphatic heterocycles. The smallest absolute Gasteiger partial charge is 0.230 e. The fraction of sp³-hybridized carbons (Fsp3) is 0.133. The molecule has 0 aliphatic rings. The molecule has 0 spiro atoms. The third kappa shape index (κ3) is 4.72. The topological polar surface area (TPSA) is 6.48 Å². The molecule has 2 nitrogen and oxygen atoms in total. The minimum absolute atomic E-state index is 1.04. The van der Waals surface area contributed by atoms with Gasteiger partial charge in [-0.15, -0.1) is 5.54 Å². The van der Waals surface area contributed by atoms with Gasteiger partial charge in [0.05, 0.1) is 0 Å². The Morgan fingerprint density at radius 2 is 0.879 bits per heavy atom. The predicted molar refractivity (Wildman–Crippen MR) is 146 cm³/mol. The van der Waals surface area contributed by atoms with Crippen molar-refractivity contribution in [2.45, 2.75) is 0 Å². The van der Waals surface area contributed by atoms with Gasteiger partial charge >= 0.3 is 0 Å². The van der Waals surface area contributed by atoms with Gasteiger partial charge in [-0.1, -0.05) is 78.7 Å². The molecule has 0 saturated heterocycles. The summed E-state index contributed by atoms with van der Waals surface area (Å²) in [4.78, 5) is 4.24. The number of rotatable bonds is 5. The van der Waals surface area contributed by atoms with Crippen molar-refractivity contribution in [2.24, 2.45) is 0 Å². The largest absolute Gasteiger partial charge is 0.378 e. The van der Waals surface area contributed by atoms with E-state index in [1.54, 1.807) is 0 Å². The molecule has 0 radical (unpaired) electrons. The summed E-state index contributed by atoms with van der Waals surface area (Å²) in [5.74, 6) is 3.57. The van der Waals surface area contributed by atoms with E-state index >= 15 is 0 Å². The predicted octanol–water partition coefficient (Wildman–Crippen LogP) is 3.88. The highest BCUT2D eigenvalue weighted by atomic mass is 28.3. The van der Waals surface area contributed by atoms with Crippen molar-refractivity contribution in [1.82, 2.24) is 0 Å². The summed E-state index contributed by atoms with van der Waals surface area (Å²) in [6.07, 6.45) is 0. The average molecular weight is 447 g/mol. The van der Waals surface area contributed by atoms with E-state index in [1.165, 1.54) is 26.9 Å². The van der Waals surface area contributed by atoms with E-state index in [1.807, 2.05) is 0 Å². The average Bonchev–Trinajstić information content (AvgIpc) is 2.86. The standard InChI is InChI=1S/C30H30N2Si/c1-31(2)26-17-15-25(16-18-26)23-24-33(28-11-7-5-8-12-28,29-13-9-6-10-14-29)30-21-19-27(20-22-30)32(3)4/h5-22H,1-4H3. The van der Waals surface area contributed by atoms with Crippen molar-refractivity contribution in [1.29, 1.82) is 0 Å². The van der Waals surface area contributed by atoms with Crippen LogP contribution in [0, 0.1) is 11.5 Å². The van der Waals surface area contributed by atoms with Gasteiger partial charge in [-0.25, -0.2) is 0 Å². The van der Waals surface area contributed by atoms with Crippen LogP contribution in [-0.4, -0.2) is 36.3 Å². The summed E-state index contributed by atoms with van der Waals surface area (Å²) in [5.41, 5.74) is 7.26. The van der Waals surface area contributed by atoms with E-state index in [2.05, 4.69) is 159 Å². The van der Waals surface area contributed by atoms with Crippen molar-refractivity contribution >= 4 is 35.0 Å². The molecule has 4 aromatic rings. The highest BCUT2D eigenvalue weighted by Crippen LogP contribution is 2.14. The number of nitrogens with zero attached hydrogens (tertiary/aromatic N) is 2. The van der Waals surface area contributed by atoms with Gasteiger partial charge in [-0.3, -0.25) is 0 Å². The van der Waals surface area contributed by atoms with Crippen LogP contribution in [0.2, 0.25) is 0 Å². The molecule has 0 fully saturated rings. The van der Waals surface area contributed by atoms with Crippen LogP contribution in [0.15, 0.2) is 109 Å². The van der Waals surface area contributed by atoms with Crippen molar-refractivity contribution in [2.75, 3.05) is 38.0 Å². The summed E-state index contributed by atoms with van der Waals surface area (Å²) in [6.45, 7) is 0. The van der Waals surface area contributed by atoms with E-state index < -0.39 is 8.07 Å². The van der Waals surface area contributed by atoms with Gasteiger partial charge in [0.1, 0.15) is 0 Å². The van der Waals surface area contributed by atoms with Gasteiger partial charge < -0.3 is 9.80 Å². The molecular formula is C30H30N2Si. The maximum Gasteiger partial charge on any atom is 0.230 e. The third-order valence-electron chi connectivity index (χ3n) is 6.01. The second kappa shape index (κ2) is 9.81. The Labute approximate surface area is 199 Å². The van der Waals surface area contributed by atoms with Crippen LogP contribution < -0.4 is 25.4 Å². The molecule has 0 unspecified atom stereocenters. The zero-order chi connectivity index (χ0) is 23.3. The van der Waals surface area contributed by atoms with Crippen LogP contribution in [0.3, 0.4) is 0 Å². The normalized spacial score (nSPS) is 10.8. The molecule has 0 aliphatic carbocycles. The number of hydrogen-bond donors (Lipinski definition) is 0. The van der Waals surface area contributed by atoms with Gasteiger partial charge in [0.15, 0.2) is 0 Å². The van der Waals surface area contributed by atoms with Crippen LogP contribution in [0.4, 0.5) is 11.4 Å².